The number of anilines is 1. The largest absolute Gasteiger partial charge is 0.462 e. The van der Waals surface area contributed by atoms with E-state index in [1.807, 2.05) is 49.4 Å². The van der Waals surface area contributed by atoms with Crippen LogP contribution in [-0.4, -0.2) is 36.0 Å². The number of amides is 2. The zero-order valence-electron chi connectivity index (χ0n) is 16.7. The highest BCUT2D eigenvalue weighted by Gasteiger charge is 2.36. The van der Waals surface area contributed by atoms with E-state index in [9.17, 15) is 14.4 Å². The summed E-state index contributed by atoms with van der Waals surface area (Å²) in [5, 5.41) is 5.32. The predicted molar refractivity (Wildman–Crippen MR) is 115 cm³/mol. The molecule has 0 radical (unpaired) electrons. The van der Waals surface area contributed by atoms with E-state index in [1.54, 1.807) is 0 Å². The second-order valence-corrected chi connectivity index (χ2v) is 7.18. The van der Waals surface area contributed by atoms with E-state index in [2.05, 4.69) is 5.32 Å². The lowest BCUT2D eigenvalue weighted by atomic mass is 10.1. The average molecular weight is 402 g/mol. The zero-order chi connectivity index (χ0) is 21.1. The summed E-state index contributed by atoms with van der Waals surface area (Å²) in [6.07, 6.45) is 1.70. The first kappa shape index (κ1) is 19.6. The van der Waals surface area contributed by atoms with Gasteiger partial charge >= 0.3 is 5.97 Å². The van der Waals surface area contributed by atoms with Crippen LogP contribution in [0.1, 0.15) is 50.8 Å². The number of carbonyl (C=O) groups is 3. The molecule has 0 unspecified atom stereocenters. The topological polar surface area (TPSA) is 75.7 Å². The Hall–Kier alpha value is -3.67. The van der Waals surface area contributed by atoms with E-state index in [1.165, 1.54) is 18.2 Å². The number of nitrogens with zero attached hydrogens (tertiary/aromatic N) is 1. The minimum atomic E-state index is -0.487. The quantitative estimate of drug-likeness (QED) is 0.359. The number of rotatable bonds is 7. The summed E-state index contributed by atoms with van der Waals surface area (Å²) in [5.41, 5.74) is 1.61. The highest BCUT2D eigenvalue weighted by molar-refractivity contribution is 6.22. The van der Waals surface area contributed by atoms with E-state index in [0.29, 0.717) is 12.2 Å². The van der Waals surface area contributed by atoms with Crippen LogP contribution < -0.4 is 5.32 Å². The van der Waals surface area contributed by atoms with Gasteiger partial charge in [-0.1, -0.05) is 43.7 Å². The van der Waals surface area contributed by atoms with Gasteiger partial charge in [0.25, 0.3) is 11.8 Å². The lowest BCUT2D eigenvalue weighted by Crippen LogP contribution is -2.34. The van der Waals surface area contributed by atoms with Crippen LogP contribution in [0.3, 0.4) is 0 Å². The number of ether oxygens (including phenoxy) is 1. The molecule has 0 saturated heterocycles. The highest BCUT2D eigenvalue weighted by atomic mass is 16.5. The molecule has 0 saturated carbocycles. The van der Waals surface area contributed by atoms with Gasteiger partial charge in [0, 0.05) is 5.69 Å². The van der Waals surface area contributed by atoms with Crippen molar-refractivity contribution in [1.82, 2.24) is 4.90 Å². The average Bonchev–Trinajstić information content (AvgIpc) is 3.01. The molecule has 30 heavy (non-hydrogen) atoms. The molecular weight excluding hydrogens is 380 g/mol. The SMILES string of the molecule is CCCCOC(=O)c1ccc2c(c1)C(=O)N(CNc1ccc3ccccc3c1)C2=O. The molecule has 2 amide bonds. The van der Waals surface area contributed by atoms with E-state index >= 15 is 0 Å². The standard InChI is InChI=1S/C24H22N2O4/c1-2-3-12-30-24(29)18-9-11-20-21(14-18)23(28)26(22(20)27)15-25-19-10-8-16-6-4-5-7-17(16)13-19/h4-11,13-14,25H,2-3,12,15H2,1H3. The summed E-state index contributed by atoms with van der Waals surface area (Å²) in [6.45, 7) is 2.39. The smallest absolute Gasteiger partial charge is 0.338 e. The van der Waals surface area contributed by atoms with Crippen LogP contribution in [0.15, 0.2) is 60.7 Å². The van der Waals surface area contributed by atoms with Gasteiger partial charge in [0.15, 0.2) is 0 Å². The van der Waals surface area contributed by atoms with Crippen LogP contribution in [0, 0.1) is 0 Å². The Balaban J connectivity index is 1.47. The third-order valence-electron chi connectivity index (χ3n) is 5.13. The minimum absolute atomic E-state index is 0.0426. The van der Waals surface area contributed by atoms with E-state index in [0.717, 1.165) is 34.2 Å². The fourth-order valence-corrected chi connectivity index (χ4v) is 3.42. The van der Waals surface area contributed by atoms with Gasteiger partial charge in [0.1, 0.15) is 0 Å². The summed E-state index contributed by atoms with van der Waals surface area (Å²) in [7, 11) is 0. The van der Waals surface area contributed by atoms with Crippen molar-refractivity contribution in [3.8, 4) is 0 Å². The molecular formula is C24H22N2O4. The van der Waals surface area contributed by atoms with Gasteiger partial charge in [-0.2, -0.15) is 0 Å². The zero-order valence-corrected chi connectivity index (χ0v) is 16.7. The first-order valence-corrected chi connectivity index (χ1v) is 9.98. The summed E-state index contributed by atoms with van der Waals surface area (Å²) >= 11 is 0. The third kappa shape index (κ3) is 3.76. The number of benzene rings is 3. The number of fused-ring (bicyclic) bond motifs is 2. The maximum absolute atomic E-state index is 12.8. The highest BCUT2D eigenvalue weighted by Crippen LogP contribution is 2.25. The molecule has 0 spiro atoms. The van der Waals surface area contributed by atoms with Crippen LogP contribution in [0.25, 0.3) is 10.8 Å². The van der Waals surface area contributed by atoms with Gasteiger partial charge < -0.3 is 10.1 Å². The number of carbonyl (C=O) groups excluding carboxylic acids is 3. The van der Waals surface area contributed by atoms with Crippen molar-refractivity contribution in [2.75, 3.05) is 18.6 Å². The molecule has 152 valence electrons. The van der Waals surface area contributed by atoms with Crippen LogP contribution in [0.5, 0.6) is 0 Å². The molecule has 3 aromatic rings. The third-order valence-corrected chi connectivity index (χ3v) is 5.13. The molecule has 0 aliphatic carbocycles. The molecule has 1 N–H and O–H groups in total. The lowest BCUT2D eigenvalue weighted by molar-refractivity contribution is 0.0499. The Morgan fingerprint density at radius 1 is 0.933 bits per heavy atom. The van der Waals surface area contributed by atoms with E-state index in [-0.39, 0.29) is 23.7 Å². The number of unbranched alkanes of at least 4 members (excludes halogenated alkanes) is 1. The van der Waals surface area contributed by atoms with Gasteiger partial charge in [-0.15, -0.1) is 0 Å². The van der Waals surface area contributed by atoms with Gasteiger partial charge in [-0.05, 0) is 47.5 Å². The number of nitrogens with one attached hydrogen (secondary N) is 1. The molecule has 1 aliphatic rings. The fraction of sp³-hybridized carbons (Fsp3) is 0.208. The number of esters is 1. The summed E-state index contributed by atoms with van der Waals surface area (Å²) in [6, 6.07) is 18.3. The van der Waals surface area contributed by atoms with Crippen molar-refractivity contribution >= 4 is 34.2 Å². The van der Waals surface area contributed by atoms with Gasteiger partial charge in [0.2, 0.25) is 0 Å². The van der Waals surface area contributed by atoms with Crippen molar-refractivity contribution in [2.24, 2.45) is 0 Å². The van der Waals surface area contributed by atoms with Crippen LogP contribution >= 0.6 is 0 Å². The van der Waals surface area contributed by atoms with Crippen LogP contribution in [-0.2, 0) is 4.74 Å². The molecule has 6 nitrogen and oxygen atoms in total. The maximum Gasteiger partial charge on any atom is 0.338 e. The van der Waals surface area contributed by atoms with Crippen LogP contribution in [0.4, 0.5) is 5.69 Å². The van der Waals surface area contributed by atoms with Crippen molar-refractivity contribution in [1.29, 1.82) is 0 Å². The van der Waals surface area contributed by atoms with Gasteiger partial charge in [-0.25, -0.2) is 4.79 Å². The molecule has 0 bridgehead atoms. The Bertz CT molecular complexity index is 1140. The fourth-order valence-electron chi connectivity index (χ4n) is 3.42. The summed E-state index contributed by atoms with van der Waals surface area (Å²) in [5.74, 6) is -1.29. The van der Waals surface area contributed by atoms with E-state index in [4.69, 9.17) is 4.74 Å². The van der Waals surface area contributed by atoms with Gasteiger partial charge in [0.05, 0.1) is 30.0 Å². The molecule has 1 heterocycles. The molecule has 0 fully saturated rings. The van der Waals surface area contributed by atoms with Crippen molar-refractivity contribution in [2.45, 2.75) is 19.8 Å². The summed E-state index contributed by atoms with van der Waals surface area (Å²) in [4.78, 5) is 38.8. The molecule has 3 aromatic carbocycles. The molecule has 0 aromatic heterocycles. The van der Waals surface area contributed by atoms with E-state index < -0.39 is 11.9 Å². The lowest BCUT2D eigenvalue weighted by Gasteiger charge is -2.16. The normalized spacial score (nSPS) is 12.9. The molecule has 4 rings (SSSR count). The van der Waals surface area contributed by atoms with Crippen molar-refractivity contribution in [3.05, 3.63) is 77.4 Å². The first-order chi connectivity index (χ1) is 14.6. The Morgan fingerprint density at radius 2 is 1.70 bits per heavy atom. The summed E-state index contributed by atoms with van der Waals surface area (Å²) < 4.78 is 5.20. The second-order valence-electron chi connectivity index (χ2n) is 7.18. The predicted octanol–water partition coefficient (Wildman–Crippen LogP) is 4.46. The first-order valence-electron chi connectivity index (χ1n) is 9.98. The second kappa shape index (κ2) is 8.37. The Labute approximate surface area is 174 Å². The maximum atomic E-state index is 12.8. The number of hydrogen-bond donors (Lipinski definition) is 1. The van der Waals surface area contributed by atoms with Crippen molar-refractivity contribution in [3.63, 3.8) is 0 Å². The van der Waals surface area contributed by atoms with Crippen molar-refractivity contribution < 1.29 is 19.1 Å². The number of hydrogen-bond acceptors (Lipinski definition) is 5. The Kier molecular flexibility index (Phi) is 5.48. The Morgan fingerprint density at radius 3 is 2.50 bits per heavy atom. The monoisotopic (exact) mass is 402 g/mol. The van der Waals surface area contributed by atoms with Gasteiger partial charge in [-0.3, -0.25) is 14.5 Å². The molecule has 6 heteroatoms. The number of imide groups is 1. The van der Waals surface area contributed by atoms with Crippen LogP contribution in [0.2, 0.25) is 0 Å². The molecule has 0 atom stereocenters. The minimum Gasteiger partial charge on any atom is -0.462 e. The molecule has 1 aliphatic heterocycles.